The number of nitrogens with zero attached hydrogens (tertiary/aromatic N) is 3. The average Bonchev–Trinajstić information content (AvgIpc) is 2.23. The molecule has 1 aromatic heterocycles. The lowest BCUT2D eigenvalue weighted by Crippen LogP contribution is -2.43. The third kappa shape index (κ3) is 5.10. The number of halogens is 2. The summed E-state index contributed by atoms with van der Waals surface area (Å²) >= 11 is 11.5. The molecule has 0 bridgehead atoms. The zero-order valence-corrected chi connectivity index (χ0v) is 12.9. The molecule has 0 atom stereocenters. The molecule has 9 heteroatoms. The second-order valence-electron chi connectivity index (χ2n) is 4.49. The number of aromatic nitrogens is 2. The molecule has 0 unspecified atom stereocenters. The van der Waals surface area contributed by atoms with Gasteiger partial charge in [0.15, 0.2) is 0 Å². The van der Waals surface area contributed by atoms with Gasteiger partial charge < -0.3 is 4.90 Å². The molecule has 1 aromatic rings. The van der Waals surface area contributed by atoms with Crippen molar-refractivity contribution in [3.63, 3.8) is 0 Å². The molecule has 6 nitrogen and oxygen atoms in total. The Hall–Kier alpha value is -0.630. The van der Waals surface area contributed by atoms with Crippen LogP contribution in [0, 0.1) is 0 Å². The third-order valence-corrected chi connectivity index (χ3v) is 3.46. The molecule has 0 aliphatic carbocycles. The molecule has 0 saturated heterocycles. The van der Waals surface area contributed by atoms with E-state index in [9.17, 15) is 8.42 Å². The van der Waals surface area contributed by atoms with Crippen LogP contribution in [0.3, 0.4) is 0 Å². The topological polar surface area (TPSA) is 83.4 Å². The van der Waals surface area contributed by atoms with Crippen molar-refractivity contribution in [2.75, 3.05) is 17.7 Å². The normalized spacial score (nSPS) is 14.8. The van der Waals surface area contributed by atoms with Gasteiger partial charge >= 0.3 is 0 Å². The Morgan fingerprint density at radius 1 is 1.47 bits per heavy atom. The zero-order chi connectivity index (χ0) is 16.6. The van der Waals surface area contributed by atoms with Gasteiger partial charge in [-0.15, -0.1) is 0 Å². The SMILES string of the molecule is [2H]C([2H])(CC(C)(C)N(C)c1cc(Cl)nc(Cl)n1)S(=O)(=O)O. The lowest BCUT2D eigenvalue weighted by molar-refractivity contribution is 0.441. The molecular formula is C10H15Cl2N3O3S. The summed E-state index contributed by atoms with van der Waals surface area (Å²) in [5, 5.41) is 0.0170. The molecule has 0 amide bonds. The maximum atomic E-state index is 11.1. The quantitative estimate of drug-likeness (QED) is 0.507. The molecule has 19 heavy (non-hydrogen) atoms. The summed E-state index contributed by atoms with van der Waals surface area (Å²) in [6.07, 6.45) is -0.491. The van der Waals surface area contributed by atoms with E-state index >= 15 is 0 Å². The van der Waals surface area contributed by atoms with E-state index in [1.165, 1.54) is 11.0 Å². The zero-order valence-electron chi connectivity index (χ0n) is 12.6. The summed E-state index contributed by atoms with van der Waals surface area (Å²) in [4.78, 5) is 9.16. The first-order valence-corrected chi connectivity index (χ1v) is 7.37. The molecule has 0 aliphatic rings. The van der Waals surface area contributed by atoms with Gasteiger partial charge in [0.05, 0.1) is 5.70 Å². The monoisotopic (exact) mass is 329 g/mol. The van der Waals surface area contributed by atoms with Crippen molar-refractivity contribution in [3.8, 4) is 0 Å². The van der Waals surface area contributed by atoms with Gasteiger partial charge in [0, 0.05) is 21.4 Å². The predicted molar refractivity (Wildman–Crippen MR) is 75.6 cm³/mol. The van der Waals surface area contributed by atoms with Gasteiger partial charge in [-0.3, -0.25) is 4.55 Å². The molecule has 0 fully saturated rings. The fourth-order valence-electron chi connectivity index (χ4n) is 1.25. The summed E-state index contributed by atoms with van der Waals surface area (Å²) in [5.74, 6) is 0.302. The minimum atomic E-state index is -4.85. The Morgan fingerprint density at radius 2 is 2.05 bits per heavy atom. The van der Waals surface area contributed by atoms with E-state index < -0.39 is 27.8 Å². The van der Waals surface area contributed by atoms with Crippen molar-refractivity contribution in [1.82, 2.24) is 9.97 Å². The second kappa shape index (κ2) is 5.78. The maximum Gasteiger partial charge on any atom is 0.264 e. The van der Waals surface area contributed by atoms with Gasteiger partial charge in [-0.1, -0.05) is 11.6 Å². The Kier molecular flexibility index (Phi) is 4.07. The fraction of sp³-hybridized carbons (Fsp3) is 0.600. The predicted octanol–water partition coefficient (Wildman–Crippen LogP) is 2.28. The van der Waals surface area contributed by atoms with Gasteiger partial charge in [0.2, 0.25) is 5.28 Å². The smallest absolute Gasteiger partial charge is 0.264 e. The van der Waals surface area contributed by atoms with Gasteiger partial charge in [0.25, 0.3) is 10.1 Å². The maximum absolute atomic E-state index is 11.1. The van der Waals surface area contributed by atoms with Crippen molar-refractivity contribution in [3.05, 3.63) is 16.5 Å². The molecule has 0 aromatic carbocycles. The summed E-state index contributed by atoms with van der Waals surface area (Å²) in [7, 11) is -3.27. The Labute approximate surface area is 125 Å². The van der Waals surface area contributed by atoms with Crippen LogP contribution in [0.4, 0.5) is 5.82 Å². The molecule has 108 valence electrons. The first-order valence-electron chi connectivity index (χ1n) is 6.17. The van der Waals surface area contributed by atoms with Gasteiger partial charge in [-0.25, -0.2) is 9.97 Å². The molecule has 1 rings (SSSR count). The number of hydrogen-bond donors (Lipinski definition) is 1. The number of rotatable bonds is 5. The summed E-state index contributed by atoms with van der Waals surface area (Å²) in [6.45, 7) is 3.19. The van der Waals surface area contributed by atoms with Crippen LogP contribution in [0.5, 0.6) is 0 Å². The minimum absolute atomic E-state index is 0.0852. The van der Waals surface area contributed by atoms with Gasteiger partial charge in [0.1, 0.15) is 11.0 Å². The van der Waals surface area contributed by atoms with E-state index in [0.717, 1.165) is 0 Å². The van der Waals surface area contributed by atoms with E-state index in [1.807, 2.05) is 0 Å². The Balaban J connectivity index is 3.12. The number of hydrogen-bond acceptors (Lipinski definition) is 5. The van der Waals surface area contributed by atoms with E-state index in [-0.39, 0.29) is 10.4 Å². The highest BCUT2D eigenvalue weighted by Gasteiger charge is 2.27. The molecule has 0 radical (unpaired) electrons. The van der Waals surface area contributed by atoms with E-state index in [1.54, 1.807) is 20.9 Å². The van der Waals surface area contributed by atoms with Crippen molar-refractivity contribution < 1.29 is 15.7 Å². The Bertz CT molecular complexity index is 620. The Morgan fingerprint density at radius 3 is 2.53 bits per heavy atom. The van der Waals surface area contributed by atoms with E-state index in [2.05, 4.69) is 9.97 Å². The largest absolute Gasteiger partial charge is 0.354 e. The number of anilines is 1. The van der Waals surface area contributed by atoms with Gasteiger partial charge in [-0.2, -0.15) is 8.42 Å². The third-order valence-electron chi connectivity index (χ3n) is 2.59. The van der Waals surface area contributed by atoms with E-state index in [0.29, 0.717) is 5.82 Å². The highest BCUT2D eigenvalue weighted by molar-refractivity contribution is 7.85. The molecule has 0 aliphatic heterocycles. The van der Waals surface area contributed by atoms with Crippen molar-refractivity contribution in [1.29, 1.82) is 0 Å². The molecular weight excluding hydrogens is 313 g/mol. The van der Waals surface area contributed by atoms with Crippen molar-refractivity contribution in [2.24, 2.45) is 0 Å². The second-order valence-corrected chi connectivity index (χ2v) is 6.45. The van der Waals surface area contributed by atoms with Crippen LogP contribution in [0.2, 0.25) is 10.4 Å². The van der Waals surface area contributed by atoms with E-state index in [4.69, 9.17) is 30.5 Å². The molecule has 1 N–H and O–H groups in total. The average molecular weight is 330 g/mol. The van der Waals surface area contributed by atoms with Crippen LogP contribution in [0.25, 0.3) is 0 Å². The standard InChI is InChI=1S/C10H15Cl2N3O3S/c1-10(2,4-5-19(16,17)18)15(3)8-6-7(11)13-9(12)14-8/h6H,4-5H2,1-3H3,(H,16,17,18)/i5D2. The van der Waals surface area contributed by atoms with Crippen LogP contribution in [-0.4, -0.2) is 41.2 Å². The lowest BCUT2D eigenvalue weighted by Gasteiger charge is -2.36. The van der Waals surface area contributed by atoms with Crippen LogP contribution in [0.1, 0.15) is 23.0 Å². The summed E-state index contributed by atoms with van der Waals surface area (Å²) in [6, 6.07) is 1.41. The minimum Gasteiger partial charge on any atom is -0.354 e. The highest BCUT2D eigenvalue weighted by atomic mass is 35.5. The van der Waals surface area contributed by atoms with Crippen LogP contribution < -0.4 is 4.90 Å². The highest BCUT2D eigenvalue weighted by Crippen LogP contribution is 2.26. The first-order chi connectivity index (χ1) is 9.26. The van der Waals surface area contributed by atoms with Crippen molar-refractivity contribution in [2.45, 2.75) is 25.8 Å². The van der Waals surface area contributed by atoms with Crippen molar-refractivity contribution >= 4 is 39.1 Å². The van der Waals surface area contributed by atoms with Crippen LogP contribution in [-0.2, 0) is 10.1 Å². The first kappa shape index (κ1) is 13.4. The summed E-state index contributed by atoms with van der Waals surface area (Å²) < 4.78 is 46.1. The fourth-order valence-corrected chi connectivity index (χ4v) is 2.18. The molecule has 1 heterocycles. The van der Waals surface area contributed by atoms with Gasteiger partial charge in [-0.05, 0) is 31.9 Å². The van der Waals surface area contributed by atoms with Crippen LogP contribution in [0.15, 0.2) is 6.07 Å². The lowest BCUT2D eigenvalue weighted by atomic mass is 10.00. The van der Waals surface area contributed by atoms with Crippen LogP contribution >= 0.6 is 23.2 Å². The molecule has 0 saturated carbocycles. The molecule has 0 spiro atoms. The summed E-state index contributed by atoms with van der Waals surface area (Å²) in [5.41, 5.74) is -3.80.